The van der Waals surface area contributed by atoms with Gasteiger partial charge in [-0.05, 0) is 60.3 Å². The van der Waals surface area contributed by atoms with Crippen LogP contribution >= 0.6 is 24.4 Å². The Hall–Kier alpha value is -2.84. The van der Waals surface area contributed by atoms with Gasteiger partial charge < -0.3 is 26.8 Å². The number of esters is 1. The maximum absolute atomic E-state index is 10.1. The number of hydrogen-bond acceptors (Lipinski definition) is 7. The van der Waals surface area contributed by atoms with Crippen molar-refractivity contribution in [3.63, 3.8) is 0 Å². The Kier molecular flexibility index (Phi) is 131. The summed E-state index contributed by atoms with van der Waals surface area (Å²) in [7, 11) is 4.85. The first-order valence-corrected chi connectivity index (χ1v) is 16.8. The Morgan fingerprint density at radius 2 is 0.980 bits per heavy atom. The number of primary amides is 1. The first kappa shape index (κ1) is 86.6. The van der Waals surface area contributed by atoms with Crippen molar-refractivity contribution >= 4 is 52.2 Å². The summed E-state index contributed by atoms with van der Waals surface area (Å²) in [5.41, 5.74) is 14.7. The Morgan fingerprint density at radius 3 is 0.980 bits per heavy atom. The number of allylic oxidation sites excluding steroid dienone is 4. The maximum atomic E-state index is 10.1. The first-order chi connectivity index (χ1) is 21.3. The molecule has 0 atom stereocenters. The van der Waals surface area contributed by atoms with E-state index in [9.17, 15) is 14.4 Å². The standard InChI is InChI=1S/C7H11N.C7H14.C4H9NO.C4H9NS.C4H8O2.C3H7NO.C3H7NS.C3H8.5CH4/c1-4-7(5-8)6(2)3;1-5-7(4)6(2)3;2*1-3-4(6)5-2;1-3-4(5)6-2;2*1-2-3(4)5;1-3-2;;;;;/h4H2,1-3H3;5H2,1-4H3;2*3H2,1-2H3,(H,5,6);3H2,1-2H3;2*2H2,1H3,(H2,4,5);3H2,1-2H3;5*1H4. The fourth-order valence-corrected chi connectivity index (χ4v) is 1.40. The van der Waals surface area contributed by atoms with Gasteiger partial charge in [-0.1, -0.05) is 147 Å². The summed E-state index contributed by atoms with van der Waals surface area (Å²) < 4.78 is 4.26. The van der Waals surface area contributed by atoms with Crippen LogP contribution in [0.25, 0.3) is 0 Å². The molecule has 0 aliphatic heterocycles. The minimum absolute atomic E-state index is 0. The van der Waals surface area contributed by atoms with Crippen molar-refractivity contribution in [2.45, 2.75) is 185 Å². The van der Waals surface area contributed by atoms with Crippen LogP contribution < -0.4 is 22.1 Å². The summed E-state index contributed by atoms with van der Waals surface area (Å²) in [6.45, 7) is 28.1. The van der Waals surface area contributed by atoms with Crippen molar-refractivity contribution in [3.8, 4) is 6.07 Å². The molecule has 0 aromatic heterocycles. The minimum atomic E-state index is -0.245. The number of nitrogens with two attached hydrogens (primary N) is 2. The van der Waals surface area contributed by atoms with Gasteiger partial charge in [0.15, 0.2) is 0 Å². The summed E-state index contributed by atoms with van der Waals surface area (Å²) in [4.78, 5) is 31.1. The number of rotatable bonds is 7. The smallest absolute Gasteiger partial charge is 0.305 e. The van der Waals surface area contributed by atoms with Gasteiger partial charge in [0, 0.05) is 38.9 Å². The highest BCUT2D eigenvalue weighted by atomic mass is 32.1. The zero-order valence-corrected chi connectivity index (χ0v) is 34.3. The molecule has 314 valence electrons. The summed E-state index contributed by atoms with van der Waals surface area (Å²) in [6.07, 6.45) is 6.56. The van der Waals surface area contributed by atoms with E-state index in [4.69, 9.17) is 23.2 Å². The van der Waals surface area contributed by atoms with Crippen molar-refractivity contribution in [1.29, 1.82) is 5.26 Å². The normalized spacial score (nSPS) is 6.90. The highest BCUT2D eigenvalue weighted by Gasteiger charge is 1.90. The molecule has 0 radical (unpaired) electrons. The molecule has 51 heavy (non-hydrogen) atoms. The molecular weight excluding hydrogens is 679 g/mol. The zero-order chi connectivity index (χ0) is 38.7. The SMILES string of the molecule is C.C.C.C.C.CCC.CCC(=O)NC.CCC(=O)OC.CCC(=S)NC.CCC(C#N)=C(C)C.CCC(C)=C(C)C.CCC(N)=O.CCC(N)=S. The predicted octanol–water partition coefficient (Wildman–Crippen LogP) is 11.8. The van der Waals surface area contributed by atoms with Crippen LogP contribution in [-0.2, 0) is 19.1 Å². The van der Waals surface area contributed by atoms with Crippen LogP contribution in [0.2, 0.25) is 0 Å². The van der Waals surface area contributed by atoms with Gasteiger partial charge in [-0.25, -0.2) is 0 Å². The van der Waals surface area contributed by atoms with Crippen molar-refractivity contribution < 1.29 is 19.1 Å². The summed E-state index contributed by atoms with van der Waals surface area (Å²) in [5, 5.41) is 13.7. The molecule has 0 spiro atoms. The molecule has 11 heteroatoms. The molecule has 0 saturated heterocycles. The lowest BCUT2D eigenvalue weighted by Gasteiger charge is -1.94. The monoisotopic (exact) mass is 772 g/mol. The van der Waals surface area contributed by atoms with E-state index >= 15 is 0 Å². The van der Waals surface area contributed by atoms with E-state index in [0.717, 1.165) is 35.4 Å². The third kappa shape index (κ3) is 130. The predicted molar refractivity (Wildman–Crippen MR) is 243 cm³/mol. The summed E-state index contributed by atoms with van der Waals surface area (Å²) in [5.74, 6) is -0.310. The highest BCUT2D eigenvalue weighted by Crippen LogP contribution is 2.04. The van der Waals surface area contributed by atoms with Gasteiger partial charge in [-0.2, -0.15) is 5.26 Å². The average Bonchev–Trinajstić information content (AvgIpc) is 3.05. The van der Waals surface area contributed by atoms with Crippen molar-refractivity contribution in [3.05, 3.63) is 22.3 Å². The van der Waals surface area contributed by atoms with E-state index in [1.165, 1.54) is 31.1 Å². The molecule has 0 aromatic rings. The third-order valence-corrected chi connectivity index (χ3v) is 5.67. The Morgan fingerprint density at radius 1 is 0.627 bits per heavy atom. The van der Waals surface area contributed by atoms with Crippen molar-refractivity contribution in [2.24, 2.45) is 11.5 Å². The number of amides is 2. The Labute approximate surface area is 332 Å². The van der Waals surface area contributed by atoms with E-state index in [1.54, 1.807) is 20.9 Å². The van der Waals surface area contributed by atoms with Gasteiger partial charge in [0.2, 0.25) is 11.8 Å². The van der Waals surface area contributed by atoms with E-state index < -0.39 is 0 Å². The number of carbonyl (C=O) groups is 3. The van der Waals surface area contributed by atoms with Crippen LogP contribution in [0.4, 0.5) is 0 Å². The lowest BCUT2D eigenvalue weighted by atomic mass is 10.1. The fraction of sp³-hybridized carbons (Fsp3) is 0.750. The number of thiocarbonyl (C=S) groups is 2. The molecule has 0 rings (SSSR count). The van der Waals surface area contributed by atoms with Crippen LogP contribution in [0.1, 0.15) is 185 Å². The second-order valence-electron chi connectivity index (χ2n) is 9.41. The molecule has 0 saturated carbocycles. The Balaban J connectivity index is -0.0000000293. The molecule has 0 bridgehead atoms. The van der Waals surface area contributed by atoms with Crippen LogP contribution in [0.15, 0.2) is 22.3 Å². The third-order valence-electron chi connectivity index (χ3n) is 4.89. The van der Waals surface area contributed by atoms with Crippen molar-refractivity contribution in [2.75, 3.05) is 21.2 Å². The first-order valence-electron chi connectivity index (χ1n) is 16.0. The maximum Gasteiger partial charge on any atom is 0.305 e. The summed E-state index contributed by atoms with van der Waals surface area (Å²) in [6, 6.07) is 2.13. The number of nitrogens with one attached hydrogen (secondary N) is 2. The van der Waals surface area contributed by atoms with Gasteiger partial charge in [-0.15, -0.1) is 0 Å². The summed E-state index contributed by atoms with van der Waals surface area (Å²) >= 11 is 9.22. The van der Waals surface area contributed by atoms with Crippen LogP contribution in [0.3, 0.4) is 0 Å². The van der Waals surface area contributed by atoms with Crippen molar-refractivity contribution in [1.82, 2.24) is 10.6 Å². The molecule has 2 amide bonds. The lowest BCUT2D eigenvalue weighted by molar-refractivity contribution is -0.140. The largest absolute Gasteiger partial charge is 0.469 e. The number of methoxy groups -OCH3 is 1. The average molecular weight is 772 g/mol. The topological polar surface area (TPSA) is 160 Å². The number of nitriles is 1. The van der Waals surface area contributed by atoms with Gasteiger partial charge in [-0.3, -0.25) is 14.4 Å². The van der Waals surface area contributed by atoms with E-state index in [2.05, 4.69) is 80.9 Å². The van der Waals surface area contributed by atoms with E-state index in [0.29, 0.717) is 24.3 Å². The van der Waals surface area contributed by atoms with Crippen LogP contribution in [0, 0.1) is 11.3 Å². The molecule has 9 nitrogen and oxygen atoms in total. The minimum Gasteiger partial charge on any atom is -0.469 e. The molecule has 0 fully saturated rings. The molecule has 6 N–H and O–H groups in total. The van der Waals surface area contributed by atoms with Gasteiger partial charge in [0.05, 0.1) is 23.2 Å². The number of hydrogen-bond donors (Lipinski definition) is 4. The van der Waals surface area contributed by atoms with Gasteiger partial charge in [0.25, 0.3) is 0 Å². The van der Waals surface area contributed by atoms with E-state index in [1.807, 2.05) is 48.6 Å². The molecule has 0 unspecified atom stereocenters. The second-order valence-corrected chi connectivity index (χ2v) is 10.4. The molecule has 0 heterocycles. The molecule has 0 aliphatic carbocycles. The van der Waals surface area contributed by atoms with Crippen LogP contribution in [-0.4, -0.2) is 49.0 Å². The quantitative estimate of drug-likeness (QED) is 0.0854. The lowest BCUT2D eigenvalue weighted by Crippen LogP contribution is -2.15. The Bertz CT molecular complexity index is 774. The fourth-order valence-electron chi connectivity index (χ4n) is 1.40. The second kappa shape index (κ2) is 76.9. The van der Waals surface area contributed by atoms with E-state index in [-0.39, 0.29) is 54.9 Å². The molecule has 0 aliphatic rings. The van der Waals surface area contributed by atoms with Crippen LogP contribution in [0.5, 0.6) is 0 Å². The van der Waals surface area contributed by atoms with Gasteiger partial charge in [0.1, 0.15) is 0 Å². The number of carbonyl (C=O) groups excluding carboxylic acids is 3. The van der Waals surface area contributed by atoms with Gasteiger partial charge >= 0.3 is 5.97 Å². The molecular formula is C40H93N5O4S2. The highest BCUT2D eigenvalue weighted by molar-refractivity contribution is 7.80. The zero-order valence-electron chi connectivity index (χ0n) is 32.7. The molecule has 0 aromatic carbocycles. The number of nitrogens with zero attached hydrogens (tertiary/aromatic N) is 1. The number of ether oxygens (including phenoxy) is 1.